The molecule has 96 valence electrons. The molecule has 1 unspecified atom stereocenters. The maximum atomic E-state index is 9.93. The van der Waals surface area contributed by atoms with Gasteiger partial charge in [-0.2, -0.15) is 0 Å². The minimum Gasteiger partial charge on any atom is -0.393 e. The summed E-state index contributed by atoms with van der Waals surface area (Å²) in [6.45, 7) is 8.76. The van der Waals surface area contributed by atoms with Gasteiger partial charge in [0.2, 0.25) is 0 Å². The summed E-state index contributed by atoms with van der Waals surface area (Å²) < 4.78 is 0. The Kier molecular flexibility index (Phi) is 5.20. The van der Waals surface area contributed by atoms with Crippen molar-refractivity contribution in [1.29, 1.82) is 0 Å². The van der Waals surface area contributed by atoms with Gasteiger partial charge in [-0.15, -0.1) is 0 Å². The Bertz CT molecular complexity index is 318. The Morgan fingerprint density at radius 2 is 1.65 bits per heavy atom. The van der Waals surface area contributed by atoms with Crippen molar-refractivity contribution in [3.05, 3.63) is 35.4 Å². The molecule has 1 rings (SSSR count). The van der Waals surface area contributed by atoms with Crippen molar-refractivity contribution in [3.8, 4) is 0 Å². The number of aliphatic hydroxyl groups is 1. The van der Waals surface area contributed by atoms with Gasteiger partial charge < -0.3 is 5.11 Å². The Morgan fingerprint density at radius 3 is 2.18 bits per heavy atom. The molecule has 0 heterocycles. The van der Waals surface area contributed by atoms with Crippen molar-refractivity contribution in [2.45, 2.75) is 59.5 Å². The third kappa shape index (κ3) is 6.48. The Balaban J connectivity index is 2.28. The average Bonchev–Trinajstić information content (AvgIpc) is 2.25. The lowest BCUT2D eigenvalue weighted by Crippen LogP contribution is -2.13. The Labute approximate surface area is 106 Å². The summed E-state index contributed by atoms with van der Waals surface area (Å²) >= 11 is 0. The van der Waals surface area contributed by atoms with Crippen LogP contribution in [0.2, 0.25) is 0 Å². The molecule has 1 heteroatoms. The largest absolute Gasteiger partial charge is 0.393 e. The summed E-state index contributed by atoms with van der Waals surface area (Å²) in [5.41, 5.74) is 2.94. The fourth-order valence-electron chi connectivity index (χ4n) is 1.83. The third-order valence-corrected chi connectivity index (χ3v) is 3.11. The maximum absolute atomic E-state index is 9.93. The fraction of sp³-hybridized carbons (Fsp3) is 0.625. The molecule has 0 aliphatic carbocycles. The van der Waals surface area contributed by atoms with Crippen LogP contribution in [-0.2, 0) is 6.42 Å². The summed E-state index contributed by atoms with van der Waals surface area (Å²) in [5.74, 6) is 0. The quantitative estimate of drug-likeness (QED) is 0.812. The number of hydrogen-bond donors (Lipinski definition) is 1. The third-order valence-electron chi connectivity index (χ3n) is 3.11. The highest BCUT2D eigenvalue weighted by Gasteiger charge is 2.13. The first-order valence-electron chi connectivity index (χ1n) is 6.60. The smallest absolute Gasteiger partial charge is 0.0543 e. The van der Waals surface area contributed by atoms with Crippen molar-refractivity contribution < 1.29 is 5.11 Å². The lowest BCUT2D eigenvalue weighted by Gasteiger charge is -2.20. The molecule has 0 bridgehead atoms. The molecule has 0 aliphatic rings. The van der Waals surface area contributed by atoms with E-state index in [1.165, 1.54) is 11.1 Å². The molecule has 1 nitrogen and oxygen atoms in total. The van der Waals surface area contributed by atoms with E-state index in [0.29, 0.717) is 5.41 Å². The number of aliphatic hydroxyl groups excluding tert-OH is 1. The molecule has 1 N–H and O–H groups in total. The van der Waals surface area contributed by atoms with Crippen molar-refractivity contribution in [2.24, 2.45) is 5.41 Å². The number of benzene rings is 1. The van der Waals surface area contributed by atoms with E-state index in [9.17, 15) is 5.11 Å². The van der Waals surface area contributed by atoms with Crippen LogP contribution in [0.1, 0.15) is 51.2 Å². The van der Waals surface area contributed by atoms with Gasteiger partial charge >= 0.3 is 0 Å². The normalized spacial score (nSPS) is 13.7. The van der Waals surface area contributed by atoms with Gasteiger partial charge in [-0.1, -0.05) is 50.6 Å². The molecule has 17 heavy (non-hydrogen) atoms. The second-order valence-corrected chi connectivity index (χ2v) is 6.28. The van der Waals surface area contributed by atoms with Gasteiger partial charge in [0.1, 0.15) is 0 Å². The molecule has 0 spiro atoms. The van der Waals surface area contributed by atoms with Crippen LogP contribution < -0.4 is 0 Å². The van der Waals surface area contributed by atoms with Gasteiger partial charge in [0.05, 0.1) is 6.10 Å². The van der Waals surface area contributed by atoms with E-state index in [2.05, 4.69) is 52.0 Å². The lowest BCUT2D eigenvalue weighted by molar-refractivity contribution is 0.137. The summed E-state index contributed by atoms with van der Waals surface area (Å²) in [6, 6.07) is 8.59. The zero-order chi connectivity index (χ0) is 12.9. The van der Waals surface area contributed by atoms with Gasteiger partial charge in [-0.25, -0.2) is 0 Å². The second-order valence-electron chi connectivity index (χ2n) is 6.28. The first kappa shape index (κ1) is 14.2. The van der Waals surface area contributed by atoms with Crippen molar-refractivity contribution in [3.63, 3.8) is 0 Å². The minimum atomic E-state index is -0.157. The van der Waals surface area contributed by atoms with Crippen LogP contribution >= 0.6 is 0 Å². The lowest BCUT2D eigenvalue weighted by atomic mass is 9.88. The van der Waals surface area contributed by atoms with E-state index in [4.69, 9.17) is 0 Å². The maximum Gasteiger partial charge on any atom is 0.0543 e. The van der Waals surface area contributed by atoms with Gasteiger partial charge in [0, 0.05) is 0 Å². The summed E-state index contributed by atoms with van der Waals surface area (Å²) in [4.78, 5) is 0. The highest BCUT2D eigenvalue weighted by Crippen LogP contribution is 2.22. The van der Waals surface area contributed by atoms with E-state index < -0.39 is 0 Å². The molecule has 0 radical (unpaired) electrons. The molecule has 0 saturated heterocycles. The van der Waals surface area contributed by atoms with E-state index in [-0.39, 0.29) is 6.10 Å². The van der Waals surface area contributed by atoms with Gasteiger partial charge in [0.25, 0.3) is 0 Å². The van der Waals surface area contributed by atoms with E-state index in [1.54, 1.807) is 0 Å². The highest BCUT2D eigenvalue weighted by atomic mass is 16.3. The molecule has 0 fully saturated rings. The fourth-order valence-corrected chi connectivity index (χ4v) is 1.83. The van der Waals surface area contributed by atoms with Gasteiger partial charge in [0.15, 0.2) is 0 Å². The van der Waals surface area contributed by atoms with Crippen LogP contribution in [0.25, 0.3) is 0 Å². The minimum absolute atomic E-state index is 0.157. The van der Waals surface area contributed by atoms with Crippen molar-refractivity contribution in [1.82, 2.24) is 0 Å². The van der Waals surface area contributed by atoms with E-state index >= 15 is 0 Å². The van der Waals surface area contributed by atoms with Gasteiger partial charge in [-0.3, -0.25) is 0 Å². The standard InChI is InChI=1S/C16H26O/c1-13-5-7-14(8-6-13)9-10-15(17)11-12-16(2,3)4/h5-8,15,17H,9-12H2,1-4H3. The van der Waals surface area contributed by atoms with Crippen LogP contribution in [0.5, 0.6) is 0 Å². The van der Waals surface area contributed by atoms with Crippen LogP contribution in [0.4, 0.5) is 0 Å². The molecule has 1 atom stereocenters. The first-order chi connectivity index (χ1) is 7.87. The number of hydrogen-bond acceptors (Lipinski definition) is 1. The second kappa shape index (κ2) is 6.20. The molecule has 1 aromatic rings. The molecule has 0 amide bonds. The SMILES string of the molecule is Cc1ccc(CCC(O)CCC(C)(C)C)cc1. The molecular weight excluding hydrogens is 208 g/mol. The predicted molar refractivity (Wildman–Crippen MR) is 74.2 cm³/mol. The Morgan fingerprint density at radius 1 is 1.06 bits per heavy atom. The average molecular weight is 234 g/mol. The first-order valence-corrected chi connectivity index (χ1v) is 6.60. The highest BCUT2D eigenvalue weighted by molar-refractivity contribution is 5.21. The summed E-state index contributed by atoms with van der Waals surface area (Å²) in [5, 5.41) is 9.93. The summed E-state index contributed by atoms with van der Waals surface area (Å²) in [6.07, 6.45) is 3.69. The number of aryl methyl sites for hydroxylation is 2. The predicted octanol–water partition coefficient (Wildman–Crippen LogP) is 4.11. The molecule has 1 aromatic carbocycles. The molecular formula is C16H26O. The molecule has 0 aliphatic heterocycles. The monoisotopic (exact) mass is 234 g/mol. The van der Waals surface area contributed by atoms with Gasteiger partial charge in [-0.05, 0) is 43.6 Å². The van der Waals surface area contributed by atoms with Crippen LogP contribution in [-0.4, -0.2) is 11.2 Å². The molecule has 0 aromatic heterocycles. The van der Waals surface area contributed by atoms with E-state index in [0.717, 1.165) is 25.7 Å². The Hall–Kier alpha value is -0.820. The van der Waals surface area contributed by atoms with Crippen LogP contribution in [0.3, 0.4) is 0 Å². The van der Waals surface area contributed by atoms with Crippen molar-refractivity contribution in [2.75, 3.05) is 0 Å². The zero-order valence-corrected chi connectivity index (χ0v) is 11.7. The summed E-state index contributed by atoms with van der Waals surface area (Å²) in [7, 11) is 0. The van der Waals surface area contributed by atoms with Crippen LogP contribution in [0.15, 0.2) is 24.3 Å². The zero-order valence-electron chi connectivity index (χ0n) is 11.7. The topological polar surface area (TPSA) is 20.2 Å². The number of rotatable bonds is 5. The van der Waals surface area contributed by atoms with Crippen molar-refractivity contribution >= 4 is 0 Å². The van der Waals surface area contributed by atoms with Crippen LogP contribution in [0, 0.1) is 12.3 Å². The molecule has 0 saturated carbocycles. The van der Waals surface area contributed by atoms with E-state index in [1.807, 2.05) is 0 Å².